The molecule has 0 amide bonds. The quantitative estimate of drug-likeness (QED) is 0.0222. The summed E-state index contributed by atoms with van der Waals surface area (Å²) in [5.74, 6) is -0.729. The molecule has 0 spiro atoms. The van der Waals surface area contributed by atoms with Crippen LogP contribution < -0.4 is 0 Å². The number of aliphatic hydroxyl groups is 1. The van der Waals surface area contributed by atoms with E-state index in [1.807, 2.05) is 0 Å². The maximum Gasteiger partial charge on any atom is 0.472 e. The molecule has 0 fully saturated rings. The number of aliphatic hydroxyl groups excluding tert-OH is 1. The van der Waals surface area contributed by atoms with Gasteiger partial charge < -0.3 is 33.8 Å². The first-order chi connectivity index (χ1) is 41.4. The summed E-state index contributed by atoms with van der Waals surface area (Å²) in [7, 11) is -9.89. The minimum atomic E-state index is -4.95. The van der Waals surface area contributed by atoms with E-state index < -0.39 is 97.5 Å². The molecule has 0 aliphatic rings. The minimum Gasteiger partial charge on any atom is -0.462 e. The van der Waals surface area contributed by atoms with Gasteiger partial charge in [-0.25, -0.2) is 9.13 Å². The van der Waals surface area contributed by atoms with Crippen molar-refractivity contribution in [2.75, 3.05) is 39.6 Å². The summed E-state index contributed by atoms with van der Waals surface area (Å²) in [6, 6.07) is 0. The third kappa shape index (κ3) is 60.9. The molecule has 0 saturated heterocycles. The molecule has 5 atom stereocenters. The van der Waals surface area contributed by atoms with Crippen molar-refractivity contribution >= 4 is 39.5 Å². The van der Waals surface area contributed by atoms with E-state index in [9.17, 15) is 43.2 Å². The van der Waals surface area contributed by atoms with Crippen molar-refractivity contribution in [3.05, 3.63) is 0 Å². The normalized spacial score (nSPS) is 14.2. The van der Waals surface area contributed by atoms with E-state index in [-0.39, 0.29) is 25.7 Å². The molecule has 0 aromatic carbocycles. The number of hydrogen-bond acceptors (Lipinski definition) is 15. The van der Waals surface area contributed by atoms with Gasteiger partial charge in [-0.15, -0.1) is 0 Å². The SMILES string of the molecule is CCCCCCCCCCCCCCCCC(=O)O[C@H](COC(=O)CCCCCCCCCCCCCC)COP(=O)(O)OC[C@@H](O)COP(=O)(O)OC[C@@H](COC(=O)CCCCCCCCCC(C)C)OC(=O)CCCCCCCCCC(C)C. The molecule has 3 N–H and O–H groups in total. The highest BCUT2D eigenvalue weighted by Crippen LogP contribution is 2.45. The number of esters is 4. The number of carbonyl (C=O) groups is 4. The van der Waals surface area contributed by atoms with Gasteiger partial charge in [0.1, 0.15) is 19.3 Å². The second kappa shape index (κ2) is 59.4. The summed E-state index contributed by atoms with van der Waals surface area (Å²) in [5, 5.41) is 10.6. The van der Waals surface area contributed by atoms with Crippen LogP contribution in [0.2, 0.25) is 0 Å². The van der Waals surface area contributed by atoms with E-state index in [1.165, 1.54) is 148 Å². The van der Waals surface area contributed by atoms with Crippen molar-refractivity contribution in [1.29, 1.82) is 0 Å². The predicted octanol–water partition coefficient (Wildman–Crippen LogP) is 18.8. The molecule has 0 bridgehead atoms. The smallest absolute Gasteiger partial charge is 0.462 e. The van der Waals surface area contributed by atoms with Crippen LogP contribution in [0, 0.1) is 11.8 Å². The van der Waals surface area contributed by atoms with Crippen molar-refractivity contribution in [2.45, 2.75) is 355 Å². The average molecular weight is 1270 g/mol. The highest BCUT2D eigenvalue weighted by molar-refractivity contribution is 7.47. The van der Waals surface area contributed by atoms with Crippen molar-refractivity contribution in [3.8, 4) is 0 Å². The van der Waals surface area contributed by atoms with Crippen LogP contribution in [-0.2, 0) is 65.4 Å². The molecule has 0 aliphatic carbocycles. The Bertz CT molecular complexity index is 1680. The van der Waals surface area contributed by atoms with Crippen LogP contribution in [0.25, 0.3) is 0 Å². The van der Waals surface area contributed by atoms with Crippen LogP contribution in [0.15, 0.2) is 0 Å². The molecule has 17 nitrogen and oxygen atoms in total. The molecule has 0 saturated carbocycles. The van der Waals surface area contributed by atoms with Crippen LogP contribution in [0.4, 0.5) is 0 Å². The topological polar surface area (TPSA) is 237 Å². The summed E-state index contributed by atoms with van der Waals surface area (Å²) >= 11 is 0. The predicted molar refractivity (Wildman–Crippen MR) is 345 cm³/mol. The zero-order chi connectivity index (χ0) is 63.6. The number of phosphoric acid groups is 2. The number of phosphoric ester groups is 2. The van der Waals surface area contributed by atoms with Crippen LogP contribution in [0.3, 0.4) is 0 Å². The third-order valence-corrected chi connectivity index (χ3v) is 17.4. The Hall–Kier alpha value is -1.94. The van der Waals surface area contributed by atoms with Crippen LogP contribution in [0.1, 0.15) is 337 Å². The molecule has 0 aromatic heterocycles. The van der Waals surface area contributed by atoms with E-state index >= 15 is 0 Å². The summed E-state index contributed by atoms with van der Waals surface area (Å²) in [6.07, 6.45) is 43.1. The highest BCUT2D eigenvalue weighted by atomic mass is 31.2. The summed E-state index contributed by atoms with van der Waals surface area (Å²) < 4.78 is 68.1. The van der Waals surface area contributed by atoms with E-state index in [4.69, 9.17) is 37.0 Å². The van der Waals surface area contributed by atoms with Gasteiger partial charge in [0, 0.05) is 25.7 Å². The number of rotatable bonds is 66. The summed E-state index contributed by atoms with van der Waals surface area (Å²) in [6.45, 7) is 9.41. The molecule has 2 unspecified atom stereocenters. The lowest BCUT2D eigenvalue weighted by Gasteiger charge is -2.21. The zero-order valence-corrected chi connectivity index (χ0v) is 57.4. The monoisotopic (exact) mass is 1270 g/mol. The van der Waals surface area contributed by atoms with Crippen molar-refractivity contribution < 1.29 is 80.2 Å². The second-order valence-corrected chi connectivity index (χ2v) is 28.1. The fraction of sp³-hybridized carbons (Fsp3) is 0.940. The van der Waals surface area contributed by atoms with Gasteiger partial charge in [0.15, 0.2) is 12.2 Å². The lowest BCUT2D eigenvalue weighted by Crippen LogP contribution is -2.30. The van der Waals surface area contributed by atoms with Gasteiger partial charge in [0.2, 0.25) is 0 Å². The fourth-order valence-electron chi connectivity index (χ4n) is 10.1. The van der Waals surface area contributed by atoms with Crippen LogP contribution >= 0.6 is 15.6 Å². The fourth-order valence-corrected chi connectivity index (χ4v) is 11.6. The highest BCUT2D eigenvalue weighted by Gasteiger charge is 2.30. The van der Waals surface area contributed by atoms with E-state index in [2.05, 4.69) is 41.5 Å². The van der Waals surface area contributed by atoms with Gasteiger partial charge >= 0.3 is 39.5 Å². The van der Waals surface area contributed by atoms with Crippen molar-refractivity contribution in [1.82, 2.24) is 0 Å². The molecule has 0 aromatic rings. The molecule has 0 aliphatic heterocycles. The number of carbonyl (C=O) groups excluding carboxylic acids is 4. The van der Waals surface area contributed by atoms with Gasteiger partial charge in [0.25, 0.3) is 0 Å². The lowest BCUT2D eigenvalue weighted by atomic mass is 10.0. The molecule has 0 radical (unpaired) electrons. The summed E-state index contributed by atoms with van der Waals surface area (Å²) in [4.78, 5) is 72.3. The molecule has 510 valence electrons. The number of unbranched alkanes of at least 4 members (excludes halogenated alkanes) is 36. The Kier molecular flexibility index (Phi) is 58.0. The maximum absolute atomic E-state index is 13.0. The molecule has 19 heteroatoms. The maximum atomic E-state index is 13.0. The number of ether oxygens (including phenoxy) is 4. The Labute approximate surface area is 524 Å². The van der Waals surface area contributed by atoms with Crippen molar-refractivity contribution in [2.24, 2.45) is 11.8 Å². The van der Waals surface area contributed by atoms with Crippen molar-refractivity contribution in [3.63, 3.8) is 0 Å². The van der Waals surface area contributed by atoms with E-state index in [1.54, 1.807) is 0 Å². The standard InChI is InChI=1S/C67H130O17P2/c1-7-9-11-13-15-17-19-21-22-24-26-32-39-45-51-66(71)83-62(55-77-64(69)49-43-37-31-25-23-20-18-16-14-12-10-8-2)57-81-85(73,74)79-53-61(68)54-80-86(75,76)82-58-63(84-67(72)52-46-40-34-28-30-36-42-48-60(5)6)56-78-65(70)50-44-38-33-27-29-35-41-47-59(3)4/h59-63,68H,7-58H2,1-6H3,(H,73,74)(H,75,76)/t61-,62-,63-/m1/s1. The van der Waals surface area contributed by atoms with Gasteiger partial charge in [-0.2, -0.15) is 0 Å². The van der Waals surface area contributed by atoms with Gasteiger partial charge in [-0.1, -0.05) is 286 Å². The second-order valence-electron chi connectivity index (χ2n) is 25.2. The Morgan fingerprint density at radius 2 is 0.535 bits per heavy atom. The Morgan fingerprint density at radius 3 is 0.791 bits per heavy atom. The first kappa shape index (κ1) is 84.1. The largest absolute Gasteiger partial charge is 0.472 e. The van der Waals surface area contributed by atoms with E-state index in [0.717, 1.165) is 96.3 Å². The Balaban J connectivity index is 5.24. The van der Waals surface area contributed by atoms with Gasteiger partial charge in [-0.3, -0.25) is 37.3 Å². The zero-order valence-electron chi connectivity index (χ0n) is 55.6. The Morgan fingerprint density at radius 1 is 0.314 bits per heavy atom. The summed E-state index contributed by atoms with van der Waals surface area (Å²) in [5.41, 5.74) is 0. The molecular weight excluding hydrogens is 1140 g/mol. The van der Waals surface area contributed by atoms with Gasteiger partial charge in [0.05, 0.1) is 26.4 Å². The average Bonchev–Trinajstić information content (AvgIpc) is 3.67. The van der Waals surface area contributed by atoms with Gasteiger partial charge in [-0.05, 0) is 37.5 Å². The number of hydrogen-bond donors (Lipinski definition) is 3. The first-order valence-corrected chi connectivity index (χ1v) is 38.0. The van der Waals surface area contributed by atoms with E-state index in [0.29, 0.717) is 37.5 Å². The lowest BCUT2D eigenvalue weighted by molar-refractivity contribution is -0.161. The van der Waals surface area contributed by atoms with Crippen LogP contribution in [0.5, 0.6) is 0 Å². The minimum absolute atomic E-state index is 0.103. The molecular formula is C67H130O17P2. The third-order valence-electron chi connectivity index (χ3n) is 15.5. The molecule has 86 heavy (non-hydrogen) atoms. The molecule has 0 heterocycles. The first-order valence-electron chi connectivity index (χ1n) is 35.0. The molecule has 0 rings (SSSR count). The van der Waals surface area contributed by atoms with Crippen LogP contribution in [-0.4, -0.2) is 96.7 Å².